The molecule has 0 radical (unpaired) electrons. The van der Waals surface area contributed by atoms with Crippen LogP contribution in [0.1, 0.15) is 17.3 Å². The predicted octanol–water partition coefficient (Wildman–Crippen LogP) is 1.50. The maximum Gasteiger partial charge on any atom is 0.253 e. The molecular weight excluding hydrogens is 206 g/mol. The van der Waals surface area contributed by atoms with Gasteiger partial charge in [0.2, 0.25) is 0 Å². The molecule has 0 fully saturated rings. The van der Waals surface area contributed by atoms with Crippen LogP contribution in [0.5, 0.6) is 5.75 Å². The lowest BCUT2D eigenvalue weighted by Gasteiger charge is -2.16. The molecule has 1 amide bonds. The van der Waals surface area contributed by atoms with Gasteiger partial charge in [0.05, 0.1) is 6.61 Å². The van der Waals surface area contributed by atoms with Gasteiger partial charge < -0.3 is 14.7 Å². The van der Waals surface area contributed by atoms with Gasteiger partial charge in [-0.3, -0.25) is 4.79 Å². The summed E-state index contributed by atoms with van der Waals surface area (Å²) < 4.78 is 5.17. The number of hydrogen-bond acceptors (Lipinski definition) is 3. The maximum absolute atomic E-state index is 11.9. The molecular formula is C12H17NO3. The summed E-state index contributed by atoms with van der Waals surface area (Å²) in [6.07, 6.45) is 0. The Morgan fingerprint density at radius 3 is 2.88 bits per heavy atom. The van der Waals surface area contributed by atoms with Gasteiger partial charge in [-0.05, 0) is 25.1 Å². The van der Waals surface area contributed by atoms with Crippen molar-refractivity contribution in [3.05, 3.63) is 29.8 Å². The highest BCUT2D eigenvalue weighted by Crippen LogP contribution is 2.12. The van der Waals surface area contributed by atoms with Gasteiger partial charge in [0.25, 0.3) is 5.91 Å². The van der Waals surface area contributed by atoms with E-state index in [1.165, 1.54) is 12.1 Å². The number of hydrogen-bond donors (Lipinski definition) is 1. The zero-order valence-electron chi connectivity index (χ0n) is 9.64. The molecule has 0 saturated heterocycles. The number of carbonyl (C=O) groups excluding carboxylic acids is 1. The van der Waals surface area contributed by atoms with Crippen molar-refractivity contribution in [3.63, 3.8) is 0 Å². The minimum Gasteiger partial charge on any atom is -0.508 e. The van der Waals surface area contributed by atoms with Gasteiger partial charge in [-0.15, -0.1) is 0 Å². The molecule has 0 unspecified atom stereocenters. The Labute approximate surface area is 95.5 Å². The zero-order chi connectivity index (χ0) is 12.0. The number of ether oxygens (including phenoxy) is 1. The van der Waals surface area contributed by atoms with Crippen LogP contribution in [0.3, 0.4) is 0 Å². The van der Waals surface area contributed by atoms with Crippen LogP contribution < -0.4 is 0 Å². The molecule has 4 nitrogen and oxygen atoms in total. The van der Waals surface area contributed by atoms with Crippen LogP contribution in [0.2, 0.25) is 0 Å². The van der Waals surface area contributed by atoms with E-state index in [-0.39, 0.29) is 11.7 Å². The van der Waals surface area contributed by atoms with Crippen LogP contribution in [0.15, 0.2) is 24.3 Å². The van der Waals surface area contributed by atoms with Crippen LogP contribution in [-0.2, 0) is 4.74 Å². The van der Waals surface area contributed by atoms with Crippen LogP contribution in [0, 0.1) is 0 Å². The number of rotatable bonds is 5. The molecule has 0 aromatic heterocycles. The average molecular weight is 223 g/mol. The first-order valence-corrected chi connectivity index (χ1v) is 5.27. The normalized spacial score (nSPS) is 10.1. The molecule has 0 heterocycles. The molecule has 88 valence electrons. The summed E-state index contributed by atoms with van der Waals surface area (Å²) in [5.41, 5.74) is 0.485. The Hall–Kier alpha value is -1.55. The molecule has 1 N–H and O–H groups in total. The number of nitrogens with zero attached hydrogens (tertiary/aromatic N) is 1. The number of likely N-dealkylation sites (N-methyl/N-ethyl adjacent to an activating group) is 1. The summed E-state index contributed by atoms with van der Waals surface area (Å²) in [6.45, 7) is 3.63. The van der Waals surface area contributed by atoms with E-state index < -0.39 is 0 Å². The van der Waals surface area contributed by atoms with Crippen molar-refractivity contribution in [1.29, 1.82) is 0 Å². The van der Waals surface area contributed by atoms with Crippen molar-refractivity contribution in [2.75, 3.05) is 26.8 Å². The summed E-state index contributed by atoms with van der Waals surface area (Å²) in [5.74, 6) is -0.0142. The average Bonchev–Trinajstić information content (AvgIpc) is 2.28. The van der Waals surface area contributed by atoms with E-state index in [0.29, 0.717) is 25.3 Å². The lowest BCUT2D eigenvalue weighted by molar-refractivity contribution is 0.0709. The summed E-state index contributed by atoms with van der Waals surface area (Å²) in [6, 6.07) is 6.33. The first kappa shape index (κ1) is 12.5. The predicted molar refractivity (Wildman–Crippen MR) is 61.6 cm³/mol. The fourth-order valence-electron chi connectivity index (χ4n) is 1.31. The highest BCUT2D eigenvalue weighted by molar-refractivity contribution is 5.94. The number of amides is 1. The fourth-order valence-corrected chi connectivity index (χ4v) is 1.31. The van der Waals surface area contributed by atoms with Crippen LogP contribution in [0.4, 0.5) is 0 Å². The maximum atomic E-state index is 11.9. The van der Waals surface area contributed by atoms with Gasteiger partial charge in [0.1, 0.15) is 5.75 Å². The third kappa shape index (κ3) is 3.55. The summed E-state index contributed by atoms with van der Waals surface area (Å²) >= 11 is 0. The van der Waals surface area contributed by atoms with Crippen molar-refractivity contribution in [2.24, 2.45) is 0 Å². The van der Waals surface area contributed by atoms with Gasteiger partial charge in [-0.25, -0.2) is 0 Å². The summed E-state index contributed by atoms with van der Waals surface area (Å²) in [7, 11) is 1.71. The van der Waals surface area contributed by atoms with E-state index in [1.54, 1.807) is 24.1 Å². The lowest BCUT2D eigenvalue weighted by atomic mass is 10.2. The van der Waals surface area contributed by atoms with E-state index in [9.17, 15) is 9.90 Å². The van der Waals surface area contributed by atoms with Crippen molar-refractivity contribution >= 4 is 5.91 Å². The third-order valence-corrected chi connectivity index (χ3v) is 2.21. The van der Waals surface area contributed by atoms with Crippen molar-refractivity contribution in [2.45, 2.75) is 6.92 Å². The van der Waals surface area contributed by atoms with Crippen LogP contribution in [0.25, 0.3) is 0 Å². The molecule has 0 spiro atoms. The number of carbonyl (C=O) groups is 1. The SMILES string of the molecule is CCOCCN(C)C(=O)c1cccc(O)c1. The number of phenolic OH excluding ortho intramolecular Hbond substituents is 1. The van der Waals surface area contributed by atoms with E-state index in [2.05, 4.69) is 0 Å². The molecule has 4 heteroatoms. The van der Waals surface area contributed by atoms with Crippen LogP contribution in [-0.4, -0.2) is 42.7 Å². The number of aromatic hydroxyl groups is 1. The Morgan fingerprint density at radius 2 is 2.25 bits per heavy atom. The van der Waals surface area contributed by atoms with Gasteiger partial charge in [-0.1, -0.05) is 6.07 Å². The first-order valence-electron chi connectivity index (χ1n) is 5.27. The van der Waals surface area contributed by atoms with Crippen LogP contribution >= 0.6 is 0 Å². The Balaban J connectivity index is 2.56. The van der Waals surface area contributed by atoms with E-state index in [0.717, 1.165) is 0 Å². The van der Waals surface area contributed by atoms with Gasteiger partial charge in [0, 0.05) is 25.8 Å². The lowest BCUT2D eigenvalue weighted by Crippen LogP contribution is -2.30. The minimum absolute atomic E-state index is 0.101. The summed E-state index contributed by atoms with van der Waals surface area (Å²) in [5, 5.41) is 9.26. The molecule has 1 aromatic carbocycles. The Morgan fingerprint density at radius 1 is 1.50 bits per heavy atom. The quantitative estimate of drug-likeness (QED) is 0.770. The van der Waals surface area contributed by atoms with E-state index in [4.69, 9.17) is 4.74 Å². The zero-order valence-corrected chi connectivity index (χ0v) is 9.64. The molecule has 16 heavy (non-hydrogen) atoms. The Bertz CT molecular complexity index is 352. The first-order chi connectivity index (χ1) is 7.65. The highest BCUT2D eigenvalue weighted by atomic mass is 16.5. The highest BCUT2D eigenvalue weighted by Gasteiger charge is 2.11. The summed E-state index contributed by atoms with van der Waals surface area (Å²) in [4.78, 5) is 13.4. The number of phenols is 1. The number of benzene rings is 1. The van der Waals surface area contributed by atoms with Crippen molar-refractivity contribution in [1.82, 2.24) is 4.90 Å². The molecule has 0 saturated carbocycles. The molecule has 0 aliphatic heterocycles. The third-order valence-electron chi connectivity index (χ3n) is 2.21. The van der Waals surface area contributed by atoms with Crippen molar-refractivity contribution in [3.8, 4) is 5.75 Å². The van der Waals surface area contributed by atoms with E-state index >= 15 is 0 Å². The largest absolute Gasteiger partial charge is 0.508 e. The Kier molecular flexibility index (Phi) is 4.79. The van der Waals surface area contributed by atoms with E-state index in [1.807, 2.05) is 6.92 Å². The molecule has 0 atom stereocenters. The standard InChI is InChI=1S/C12H17NO3/c1-3-16-8-7-13(2)12(15)10-5-4-6-11(14)9-10/h4-6,9,14H,3,7-8H2,1-2H3. The van der Waals surface area contributed by atoms with Crippen molar-refractivity contribution < 1.29 is 14.6 Å². The molecule has 0 aliphatic carbocycles. The smallest absolute Gasteiger partial charge is 0.253 e. The van der Waals surface area contributed by atoms with Gasteiger partial charge in [-0.2, -0.15) is 0 Å². The topological polar surface area (TPSA) is 49.8 Å². The molecule has 1 aromatic rings. The van der Waals surface area contributed by atoms with Gasteiger partial charge >= 0.3 is 0 Å². The second-order valence-electron chi connectivity index (χ2n) is 3.47. The fraction of sp³-hybridized carbons (Fsp3) is 0.417. The second kappa shape index (κ2) is 6.12. The molecule has 0 aliphatic rings. The van der Waals surface area contributed by atoms with Gasteiger partial charge in [0.15, 0.2) is 0 Å². The molecule has 1 rings (SSSR count). The minimum atomic E-state index is -0.115. The molecule has 0 bridgehead atoms. The second-order valence-corrected chi connectivity index (χ2v) is 3.47. The monoisotopic (exact) mass is 223 g/mol.